The molecule has 2 aromatic carbocycles. The standard InChI is InChI=1S/C19H20F2N2O3S/c1-4-22(15-6-7-16(20)17(21)11-15)19(24)13-5-8-18-14(10-13)9-12(2)23(18)27(3,25)26/h5-8,10-12H,4,9H2,1-3H3. The van der Waals surface area contributed by atoms with Crippen LogP contribution in [0.15, 0.2) is 36.4 Å². The smallest absolute Gasteiger partial charge is 0.258 e. The van der Waals surface area contributed by atoms with Crippen molar-refractivity contribution in [2.45, 2.75) is 26.3 Å². The molecule has 1 aliphatic rings. The minimum absolute atomic E-state index is 0.228. The van der Waals surface area contributed by atoms with Gasteiger partial charge in [0.15, 0.2) is 11.6 Å². The van der Waals surface area contributed by atoms with Gasteiger partial charge in [-0.2, -0.15) is 0 Å². The molecule has 1 aliphatic heterocycles. The maximum Gasteiger partial charge on any atom is 0.258 e. The largest absolute Gasteiger partial charge is 0.309 e. The van der Waals surface area contributed by atoms with E-state index in [4.69, 9.17) is 0 Å². The molecule has 1 atom stereocenters. The summed E-state index contributed by atoms with van der Waals surface area (Å²) in [5, 5.41) is 0. The Morgan fingerprint density at radius 3 is 2.48 bits per heavy atom. The van der Waals surface area contributed by atoms with Crippen molar-refractivity contribution in [3.8, 4) is 0 Å². The molecule has 0 saturated carbocycles. The third kappa shape index (κ3) is 3.53. The number of carbonyl (C=O) groups is 1. The number of halogens is 2. The monoisotopic (exact) mass is 394 g/mol. The maximum atomic E-state index is 13.5. The summed E-state index contributed by atoms with van der Waals surface area (Å²) >= 11 is 0. The lowest BCUT2D eigenvalue weighted by Gasteiger charge is -2.23. The Balaban J connectivity index is 1.96. The summed E-state index contributed by atoms with van der Waals surface area (Å²) in [7, 11) is -3.41. The van der Waals surface area contributed by atoms with Crippen LogP contribution >= 0.6 is 0 Å². The molecule has 0 radical (unpaired) electrons. The molecule has 27 heavy (non-hydrogen) atoms. The van der Waals surface area contributed by atoms with Gasteiger partial charge in [-0.1, -0.05) is 0 Å². The van der Waals surface area contributed by atoms with Gasteiger partial charge in [0.1, 0.15) is 0 Å². The van der Waals surface area contributed by atoms with Crippen molar-refractivity contribution in [3.05, 3.63) is 59.2 Å². The van der Waals surface area contributed by atoms with Gasteiger partial charge in [-0.3, -0.25) is 9.10 Å². The number of rotatable bonds is 4. The molecular weight excluding hydrogens is 374 g/mol. The van der Waals surface area contributed by atoms with Crippen molar-refractivity contribution in [1.29, 1.82) is 0 Å². The molecular formula is C19H20F2N2O3S. The summed E-state index contributed by atoms with van der Waals surface area (Å²) in [5.41, 5.74) is 1.95. The number of carbonyl (C=O) groups excluding carboxylic acids is 1. The van der Waals surface area contributed by atoms with Crippen LogP contribution in [-0.2, 0) is 16.4 Å². The van der Waals surface area contributed by atoms with Gasteiger partial charge in [-0.05, 0) is 56.2 Å². The number of anilines is 2. The molecule has 0 aromatic heterocycles. The fraction of sp³-hybridized carbons (Fsp3) is 0.316. The van der Waals surface area contributed by atoms with E-state index in [1.807, 2.05) is 6.92 Å². The SMILES string of the molecule is CCN(C(=O)c1ccc2c(c1)CC(C)N2S(C)(=O)=O)c1ccc(F)c(F)c1. The first kappa shape index (κ1) is 19.3. The molecule has 2 aromatic rings. The first-order valence-corrected chi connectivity index (χ1v) is 10.4. The van der Waals surface area contributed by atoms with Gasteiger partial charge in [0.2, 0.25) is 10.0 Å². The highest BCUT2D eigenvalue weighted by atomic mass is 32.2. The van der Waals surface area contributed by atoms with Crippen molar-refractivity contribution in [1.82, 2.24) is 0 Å². The summed E-state index contributed by atoms with van der Waals surface area (Å²) in [6.07, 6.45) is 1.65. The first-order chi connectivity index (χ1) is 12.6. The number of sulfonamides is 1. The molecule has 0 saturated heterocycles. The Kier molecular flexibility index (Phi) is 4.94. The average molecular weight is 394 g/mol. The molecule has 0 N–H and O–H groups in total. The van der Waals surface area contributed by atoms with Gasteiger partial charge >= 0.3 is 0 Å². The summed E-state index contributed by atoms with van der Waals surface area (Å²) in [4.78, 5) is 14.3. The van der Waals surface area contributed by atoms with Crippen LogP contribution in [0.3, 0.4) is 0 Å². The molecule has 3 rings (SSSR count). The molecule has 0 fully saturated rings. The number of hydrogen-bond acceptors (Lipinski definition) is 3. The minimum atomic E-state index is -3.41. The van der Waals surface area contributed by atoms with Crippen LogP contribution in [0.25, 0.3) is 0 Å². The van der Waals surface area contributed by atoms with E-state index in [-0.39, 0.29) is 24.2 Å². The molecule has 1 heterocycles. The van der Waals surface area contributed by atoms with Gasteiger partial charge < -0.3 is 4.90 Å². The van der Waals surface area contributed by atoms with Crippen LogP contribution in [0.1, 0.15) is 29.8 Å². The van der Waals surface area contributed by atoms with Crippen molar-refractivity contribution in [2.75, 3.05) is 22.0 Å². The molecule has 0 spiro atoms. The van der Waals surface area contributed by atoms with E-state index in [9.17, 15) is 22.0 Å². The zero-order valence-electron chi connectivity index (χ0n) is 15.2. The summed E-state index contributed by atoms with van der Waals surface area (Å²) in [6.45, 7) is 3.81. The lowest BCUT2D eigenvalue weighted by Crippen LogP contribution is -2.34. The van der Waals surface area contributed by atoms with Crippen molar-refractivity contribution >= 4 is 27.3 Å². The Labute approximate surface area is 157 Å². The van der Waals surface area contributed by atoms with Crippen LogP contribution in [0.5, 0.6) is 0 Å². The second-order valence-corrected chi connectivity index (χ2v) is 8.46. The molecule has 144 valence electrons. The Bertz CT molecular complexity index is 1010. The topological polar surface area (TPSA) is 57.7 Å². The van der Waals surface area contributed by atoms with E-state index in [0.717, 1.165) is 24.0 Å². The van der Waals surface area contributed by atoms with Gasteiger partial charge in [-0.15, -0.1) is 0 Å². The molecule has 0 aliphatic carbocycles. The van der Waals surface area contributed by atoms with Crippen LogP contribution in [0, 0.1) is 11.6 Å². The van der Waals surface area contributed by atoms with Crippen LogP contribution in [-0.4, -0.2) is 33.2 Å². The molecule has 8 heteroatoms. The number of nitrogens with zero attached hydrogens (tertiary/aromatic N) is 2. The lowest BCUT2D eigenvalue weighted by molar-refractivity contribution is 0.0988. The van der Waals surface area contributed by atoms with Crippen LogP contribution in [0.4, 0.5) is 20.2 Å². The number of hydrogen-bond donors (Lipinski definition) is 0. The van der Waals surface area contributed by atoms with Crippen molar-refractivity contribution in [2.24, 2.45) is 0 Å². The van der Waals surface area contributed by atoms with E-state index >= 15 is 0 Å². The van der Waals surface area contributed by atoms with E-state index < -0.39 is 21.7 Å². The van der Waals surface area contributed by atoms with Crippen LogP contribution in [0.2, 0.25) is 0 Å². The fourth-order valence-electron chi connectivity index (χ4n) is 3.49. The predicted molar refractivity (Wildman–Crippen MR) is 101 cm³/mol. The average Bonchev–Trinajstić information content (AvgIpc) is 2.93. The molecule has 1 amide bonds. The first-order valence-electron chi connectivity index (χ1n) is 8.52. The van der Waals surface area contributed by atoms with Gasteiger partial charge in [0.05, 0.1) is 11.9 Å². The fourth-order valence-corrected chi connectivity index (χ4v) is 4.76. The Morgan fingerprint density at radius 2 is 1.89 bits per heavy atom. The highest BCUT2D eigenvalue weighted by Crippen LogP contribution is 2.35. The number of amides is 1. The maximum absolute atomic E-state index is 13.5. The zero-order chi connectivity index (χ0) is 19.9. The van der Waals surface area contributed by atoms with Gasteiger partial charge in [-0.25, -0.2) is 17.2 Å². The second-order valence-electron chi connectivity index (χ2n) is 6.60. The highest BCUT2D eigenvalue weighted by Gasteiger charge is 2.33. The zero-order valence-corrected chi connectivity index (χ0v) is 16.1. The second kappa shape index (κ2) is 6.92. The Morgan fingerprint density at radius 1 is 1.19 bits per heavy atom. The third-order valence-corrected chi connectivity index (χ3v) is 5.88. The van der Waals surface area contributed by atoms with Gasteiger partial charge in [0, 0.05) is 29.9 Å². The van der Waals surface area contributed by atoms with E-state index in [0.29, 0.717) is 17.7 Å². The normalized spacial score (nSPS) is 16.3. The Hall–Kier alpha value is -2.48. The van der Waals surface area contributed by atoms with Crippen molar-refractivity contribution in [3.63, 3.8) is 0 Å². The predicted octanol–water partition coefficient (Wildman–Crippen LogP) is 3.34. The van der Waals surface area contributed by atoms with E-state index in [2.05, 4.69) is 0 Å². The molecule has 0 bridgehead atoms. The summed E-state index contributed by atoms with van der Waals surface area (Å²) < 4.78 is 52.1. The van der Waals surface area contributed by atoms with Crippen molar-refractivity contribution < 1.29 is 22.0 Å². The number of benzene rings is 2. The summed E-state index contributed by atoms with van der Waals surface area (Å²) in [5.74, 6) is -2.36. The highest BCUT2D eigenvalue weighted by molar-refractivity contribution is 7.92. The van der Waals surface area contributed by atoms with E-state index in [1.165, 1.54) is 15.3 Å². The van der Waals surface area contributed by atoms with Crippen LogP contribution < -0.4 is 9.21 Å². The van der Waals surface area contributed by atoms with E-state index in [1.54, 1.807) is 25.1 Å². The number of fused-ring (bicyclic) bond motifs is 1. The minimum Gasteiger partial charge on any atom is -0.309 e. The molecule has 5 nitrogen and oxygen atoms in total. The van der Waals surface area contributed by atoms with Gasteiger partial charge in [0.25, 0.3) is 5.91 Å². The third-order valence-electron chi connectivity index (χ3n) is 4.61. The quantitative estimate of drug-likeness (QED) is 0.799. The molecule has 1 unspecified atom stereocenters. The summed E-state index contributed by atoms with van der Waals surface area (Å²) in [6, 6.07) is 7.93. The lowest BCUT2D eigenvalue weighted by atomic mass is 10.1.